The predicted octanol–water partition coefficient (Wildman–Crippen LogP) is 3.15. The van der Waals surface area contributed by atoms with Crippen molar-refractivity contribution in [2.24, 2.45) is 5.73 Å². The summed E-state index contributed by atoms with van der Waals surface area (Å²) >= 11 is 0. The molecule has 5 heteroatoms. The van der Waals surface area contributed by atoms with E-state index in [1.54, 1.807) is 0 Å². The van der Waals surface area contributed by atoms with Gasteiger partial charge in [0, 0.05) is 29.4 Å². The predicted molar refractivity (Wildman–Crippen MR) is 107 cm³/mol. The van der Waals surface area contributed by atoms with Gasteiger partial charge in [0.05, 0.1) is 11.4 Å². The highest BCUT2D eigenvalue weighted by molar-refractivity contribution is 5.95. The molecule has 5 nitrogen and oxygen atoms in total. The van der Waals surface area contributed by atoms with Gasteiger partial charge in [-0.3, -0.25) is 4.79 Å². The number of nitrogens with one attached hydrogen (secondary N) is 1. The standard InChI is InChI=1S/C22H20N4O/c1-3-4-14-5-10-17(11-6-14)26-21-18(20(25-26)22(23)27)12-8-15-7-9-16(24-2)13-19(15)21/h5-7,9-11,13,24H,8,12H2,1-2H3,(H2,23,27). The molecule has 0 saturated carbocycles. The van der Waals surface area contributed by atoms with E-state index in [2.05, 4.69) is 40.5 Å². The quantitative estimate of drug-likeness (QED) is 0.708. The Labute approximate surface area is 158 Å². The highest BCUT2D eigenvalue weighted by atomic mass is 16.1. The number of fused-ring (bicyclic) bond motifs is 3. The Balaban J connectivity index is 1.95. The van der Waals surface area contributed by atoms with Crippen molar-refractivity contribution in [2.45, 2.75) is 19.8 Å². The molecular weight excluding hydrogens is 336 g/mol. The first-order valence-electron chi connectivity index (χ1n) is 8.88. The molecule has 0 radical (unpaired) electrons. The number of nitrogens with two attached hydrogens (primary N) is 1. The molecule has 4 rings (SSSR count). The molecule has 0 saturated heterocycles. The molecule has 2 aromatic carbocycles. The largest absolute Gasteiger partial charge is 0.388 e. The Morgan fingerprint density at radius 2 is 1.96 bits per heavy atom. The van der Waals surface area contributed by atoms with Crippen LogP contribution >= 0.6 is 0 Å². The summed E-state index contributed by atoms with van der Waals surface area (Å²) in [6.45, 7) is 1.81. The monoisotopic (exact) mass is 356 g/mol. The molecule has 27 heavy (non-hydrogen) atoms. The number of nitrogens with zero attached hydrogens (tertiary/aromatic N) is 2. The molecule has 1 amide bonds. The van der Waals surface area contributed by atoms with Crippen LogP contribution in [-0.4, -0.2) is 22.7 Å². The van der Waals surface area contributed by atoms with Crippen molar-refractivity contribution < 1.29 is 4.79 Å². The van der Waals surface area contributed by atoms with E-state index in [-0.39, 0.29) is 0 Å². The van der Waals surface area contributed by atoms with Gasteiger partial charge in [-0.25, -0.2) is 4.68 Å². The van der Waals surface area contributed by atoms with Crippen LogP contribution in [0.3, 0.4) is 0 Å². The minimum Gasteiger partial charge on any atom is -0.388 e. The van der Waals surface area contributed by atoms with Gasteiger partial charge < -0.3 is 11.1 Å². The first-order valence-corrected chi connectivity index (χ1v) is 8.88. The van der Waals surface area contributed by atoms with Crippen molar-refractivity contribution in [3.63, 3.8) is 0 Å². The number of primary amides is 1. The van der Waals surface area contributed by atoms with Crippen LogP contribution in [0.1, 0.15) is 34.1 Å². The zero-order chi connectivity index (χ0) is 19.0. The van der Waals surface area contributed by atoms with Crippen LogP contribution in [0.5, 0.6) is 0 Å². The number of benzene rings is 2. The number of hydrogen-bond acceptors (Lipinski definition) is 3. The third-order valence-electron chi connectivity index (χ3n) is 4.90. The van der Waals surface area contributed by atoms with Gasteiger partial charge in [0.15, 0.2) is 5.69 Å². The molecule has 0 aliphatic heterocycles. The molecule has 3 aromatic rings. The number of rotatable bonds is 3. The smallest absolute Gasteiger partial charge is 0.269 e. The summed E-state index contributed by atoms with van der Waals surface area (Å²) in [5, 5.41) is 7.76. The molecular formula is C22H20N4O. The van der Waals surface area contributed by atoms with E-state index < -0.39 is 5.91 Å². The zero-order valence-electron chi connectivity index (χ0n) is 15.3. The molecule has 0 fully saturated rings. The van der Waals surface area contributed by atoms with Crippen LogP contribution in [0.25, 0.3) is 16.9 Å². The summed E-state index contributed by atoms with van der Waals surface area (Å²) in [5.41, 5.74) is 13.0. The fourth-order valence-corrected chi connectivity index (χ4v) is 3.61. The average molecular weight is 356 g/mol. The summed E-state index contributed by atoms with van der Waals surface area (Å²) in [5.74, 6) is 5.44. The SMILES string of the molecule is CC#Cc1ccc(-n2nc(C(N)=O)c3c2-c2cc(NC)ccc2CC3)cc1. The lowest BCUT2D eigenvalue weighted by Gasteiger charge is -2.20. The van der Waals surface area contributed by atoms with Crippen LogP contribution in [0, 0.1) is 11.8 Å². The highest BCUT2D eigenvalue weighted by Gasteiger charge is 2.28. The van der Waals surface area contributed by atoms with Crippen LogP contribution in [0.2, 0.25) is 0 Å². The second-order valence-electron chi connectivity index (χ2n) is 6.50. The number of hydrogen-bond donors (Lipinski definition) is 2. The molecule has 0 atom stereocenters. The van der Waals surface area contributed by atoms with Crippen LogP contribution in [0.4, 0.5) is 5.69 Å². The van der Waals surface area contributed by atoms with Crippen LogP contribution in [0.15, 0.2) is 42.5 Å². The Kier molecular flexibility index (Phi) is 4.17. The minimum absolute atomic E-state index is 0.350. The third kappa shape index (κ3) is 2.85. The van der Waals surface area contributed by atoms with Crippen LogP contribution < -0.4 is 11.1 Å². The lowest BCUT2D eigenvalue weighted by Crippen LogP contribution is -2.15. The summed E-state index contributed by atoms with van der Waals surface area (Å²) in [6, 6.07) is 14.1. The Bertz CT molecular complexity index is 1100. The average Bonchev–Trinajstić information content (AvgIpc) is 3.09. The molecule has 3 N–H and O–H groups in total. The van der Waals surface area contributed by atoms with Crippen molar-refractivity contribution >= 4 is 11.6 Å². The van der Waals surface area contributed by atoms with Gasteiger partial charge in [0.2, 0.25) is 0 Å². The minimum atomic E-state index is -0.494. The zero-order valence-corrected chi connectivity index (χ0v) is 15.3. The molecule has 0 unspecified atom stereocenters. The van der Waals surface area contributed by atoms with Crippen molar-refractivity contribution in [1.82, 2.24) is 9.78 Å². The fraction of sp³-hybridized carbons (Fsp3) is 0.182. The van der Waals surface area contributed by atoms with Crippen molar-refractivity contribution in [3.8, 4) is 28.8 Å². The van der Waals surface area contributed by atoms with E-state index in [1.165, 1.54) is 5.56 Å². The summed E-state index contributed by atoms with van der Waals surface area (Å²) < 4.78 is 1.83. The van der Waals surface area contributed by atoms with Gasteiger partial charge in [0.1, 0.15) is 0 Å². The molecule has 1 aliphatic carbocycles. The molecule has 1 heterocycles. The molecule has 0 bridgehead atoms. The molecule has 1 aromatic heterocycles. The van der Waals surface area contributed by atoms with Crippen molar-refractivity contribution in [2.75, 3.05) is 12.4 Å². The normalized spacial score (nSPS) is 11.8. The van der Waals surface area contributed by atoms with E-state index in [0.717, 1.165) is 46.6 Å². The summed E-state index contributed by atoms with van der Waals surface area (Å²) in [7, 11) is 1.89. The van der Waals surface area contributed by atoms with Gasteiger partial charge in [0.25, 0.3) is 5.91 Å². The van der Waals surface area contributed by atoms with Gasteiger partial charge in [-0.15, -0.1) is 5.92 Å². The lowest BCUT2D eigenvalue weighted by molar-refractivity contribution is 0.0994. The number of carbonyl (C=O) groups is 1. The van der Waals surface area contributed by atoms with Crippen molar-refractivity contribution in [1.29, 1.82) is 0 Å². The van der Waals surface area contributed by atoms with E-state index in [0.29, 0.717) is 5.69 Å². The van der Waals surface area contributed by atoms with Crippen molar-refractivity contribution in [3.05, 3.63) is 64.8 Å². The number of carbonyl (C=O) groups excluding carboxylic acids is 1. The highest BCUT2D eigenvalue weighted by Crippen LogP contribution is 2.38. The summed E-state index contributed by atoms with van der Waals surface area (Å²) in [4.78, 5) is 12.0. The fourth-order valence-electron chi connectivity index (χ4n) is 3.61. The number of aromatic nitrogens is 2. The maximum absolute atomic E-state index is 12.0. The lowest BCUT2D eigenvalue weighted by atomic mass is 9.88. The van der Waals surface area contributed by atoms with Gasteiger partial charge in [-0.05, 0) is 61.7 Å². The number of aryl methyl sites for hydroxylation is 1. The maximum atomic E-state index is 12.0. The van der Waals surface area contributed by atoms with E-state index in [4.69, 9.17) is 5.73 Å². The second-order valence-corrected chi connectivity index (χ2v) is 6.50. The number of amides is 1. The maximum Gasteiger partial charge on any atom is 0.269 e. The topological polar surface area (TPSA) is 72.9 Å². The van der Waals surface area contributed by atoms with E-state index in [1.807, 2.05) is 42.9 Å². The Morgan fingerprint density at radius 3 is 2.63 bits per heavy atom. The van der Waals surface area contributed by atoms with Gasteiger partial charge >= 0.3 is 0 Å². The summed E-state index contributed by atoms with van der Waals surface area (Å²) in [6.07, 6.45) is 1.61. The van der Waals surface area contributed by atoms with Crippen LogP contribution in [-0.2, 0) is 12.8 Å². The van der Waals surface area contributed by atoms with E-state index in [9.17, 15) is 4.79 Å². The van der Waals surface area contributed by atoms with Gasteiger partial charge in [-0.2, -0.15) is 5.10 Å². The molecule has 134 valence electrons. The first kappa shape index (κ1) is 16.9. The van der Waals surface area contributed by atoms with Gasteiger partial charge in [-0.1, -0.05) is 12.0 Å². The molecule has 1 aliphatic rings. The second kappa shape index (κ2) is 6.65. The first-order chi connectivity index (χ1) is 13.1. The molecule has 0 spiro atoms. The third-order valence-corrected chi connectivity index (χ3v) is 4.90. The number of anilines is 1. The Morgan fingerprint density at radius 1 is 1.19 bits per heavy atom. The van der Waals surface area contributed by atoms with E-state index >= 15 is 0 Å². The Hall–Kier alpha value is -3.52.